The van der Waals surface area contributed by atoms with Crippen molar-refractivity contribution < 1.29 is 4.79 Å². The van der Waals surface area contributed by atoms with Gasteiger partial charge in [0.25, 0.3) is 0 Å². The highest BCUT2D eigenvalue weighted by atomic mass is 16.2. The maximum Gasteiger partial charge on any atom is 0.239 e. The van der Waals surface area contributed by atoms with E-state index < -0.39 is 0 Å². The number of rotatable bonds is 5. The van der Waals surface area contributed by atoms with Gasteiger partial charge in [-0.15, -0.1) is 0 Å². The molecule has 1 amide bonds. The van der Waals surface area contributed by atoms with Crippen LogP contribution >= 0.6 is 0 Å². The molecule has 1 unspecified atom stereocenters. The molecular formula is C12H20N4O. The summed E-state index contributed by atoms with van der Waals surface area (Å²) in [5, 5.41) is 3.23. The lowest BCUT2D eigenvalue weighted by Gasteiger charge is -2.21. The monoisotopic (exact) mass is 236 g/mol. The Bertz CT molecular complexity index is 343. The molecular weight excluding hydrogens is 216 g/mol. The molecule has 2 heterocycles. The van der Waals surface area contributed by atoms with Crippen LogP contribution in [0, 0.1) is 0 Å². The molecule has 5 heteroatoms. The average molecular weight is 236 g/mol. The molecule has 17 heavy (non-hydrogen) atoms. The highest BCUT2D eigenvalue weighted by Gasteiger charge is 2.24. The quantitative estimate of drug-likeness (QED) is 0.809. The molecule has 94 valence electrons. The average Bonchev–Trinajstić information content (AvgIpc) is 3.00. The van der Waals surface area contributed by atoms with Crippen molar-refractivity contribution >= 4 is 5.91 Å². The Morgan fingerprint density at radius 2 is 2.53 bits per heavy atom. The van der Waals surface area contributed by atoms with Crippen LogP contribution in [0.5, 0.6) is 0 Å². The molecule has 0 aromatic carbocycles. The van der Waals surface area contributed by atoms with Crippen LogP contribution < -0.4 is 5.32 Å². The van der Waals surface area contributed by atoms with Gasteiger partial charge in [-0.1, -0.05) is 0 Å². The molecule has 1 aliphatic rings. The summed E-state index contributed by atoms with van der Waals surface area (Å²) in [7, 11) is 1.89. The summed E-state index contributed by atoms with van der Waals surface area (Å²) in [6.45, 7) is 2.68. The molecule has 1 aromatic rings. The van der Waals surface area contributed by atoms with Gasteiger partial charge < -0.3 is 14.8 Å². The molecule has 0 bridgehead atoms. The fourth-order valence-corrected chi connectivity index (χ4v) is 2.18. The Balaban J connectivity index is 1.69. The second kappa shape index (κ2) is 5.82. The number of nitrogens with zero attached hydrogens (tertiary/aromatic N) is 3. The minimum Gasteiger partial charge on any atom is -0.344 e. The van der Waals surface area contributed by atoms with E-state index in [1.54, 1.807) is 12.5 Å². The van der Waals surface area contributed by atoms with Crippen LogP contribution in [0.25, 0.3) is 0 Å². The van der Waals surface area contributed by atoms with Gasteiger partial charge in [0.05, 0.1) is 12.4 Å². The molecule has 0 aliphatic carbocycles. The van der Waals surface area contributed by atoms with Crippen LogP contribution in [0.3, 0.4) is 0 Å². The van der Waals surface area contributed by atoms with Crippen molar-refractivity contribution in [3.63, 3.8) is 0 Å². The number of nitrogens with one attached hydrogen (secondary N) is 1. The second-order valence-corrected chi connectivity index (χ2v) is 4.56. The molecule has 0 radical (unpaired) electrons. The first-order valence-electron chi connectivity index (χ1n) is 6.21. The number of hydrogen-bond acceptors (Lipinski definition) is 3. The molecule has 1 atom stereocenters. The van der Waals surface area contributed by atoms with Crippen LogP contribution in [0.15, 0.2) is 18.7 Å². The SMILES string of the molecule is CN(CCCn1ccnc1)C(=O)C1CCCN1. The Kier molecular flexibility index (Phi) is 4.14. The topological polar surface area (TPSA) is 50.2 Å². The lowest BCUT2D eigenvalue weighted by molar-refractivity contribution is -0.131. The first-order chi connectivity index (χ1) is 8.27. The zero-order valence-corrected chi connectivity index (χ0v) is 10.3. The van der Waals surface area contributed by atoms with E-state index in [1.807, 2.05) is 22.7 Å². The van der Waals surface area contributed by atoms with Crippen LogP contribution in [0.4, 0.5) is 0 Å². The zero-order valence-electron chi connectivity index (χ0n) is 10.3. The first-order valence-corrected chi connectivity index (χ1v) is 6.21. The van der Waals surface area contributed by atoms with Crippen molar-refractivity contribution in [3.05, 3.63) is 18.7 Å². The summed E-state index contributed by atoms with van der Waals surface area (Å²) in [6.07, 6.45) is 8.58. The summed E-state index contributed by atoms with van der Waals surface area (Å²) in [5.74, 6) is 0.230. The van der Waals surface area contributed by atoms with Gasteiger partial charge in [0.2, 0.25) is 5.91 Å². The molecule has 5 nitrogen and oxygen atoms in total. The van der Waals surface area contributed by atoms with Crippen molar-refractivity contribution in [2.45, 2.75) is 31.8 Å². The van der Waals surface area contributed by atoms with Crippen LogP contribution in [-0.4, -0.2) is 46.5 Å². The maximum absolute atomic E-state index is 12.0. The maximum atomic E-state index is 12.0. The van der Waals surface area contributed by atoms with Gasteiger partial charge in [0, 0.05) is 32.5 Å². The normalized spacial score (nSPS) is 19.5. The van der Waals surface area contributed by atoms with Crippen LogP contribution in [0.1, 0.15) is 19.3 Å². The first kappa shape index (κ1) is 12.1. The van der Waals surface area contributed by atoms with Crippen LogP contribution in [-0.2, 0) is 11.3 Å². The van der Waals surface area contributed by atoms with E-state index in [4.69, 9.17) is 0 Å². The van der Waals surface area contributed by atoms with Gasteiger partial charge >= 0.3 is 0 Å². The van der Waals surface area contributed by atoms with E-state index >= 15 is 0 Å². The summed E-state index contributed by atoms with van der Waals surface area (Å²) in [5.41, 5.74) is 0. The summed E-state index contributed by atoms with van der Waals surface area (Å²) in [4.78, 5) is 17.8. The molecule has 1 aliphatic heterocycles. The minimum atomic E-state index is 0.0493. The fraction of sp³-hybridized carbons (Fsp3) is 0.667. The van der Waals surface area contributed by atoms with E-state index in [0.29, 0.717) is 0 Å². The standard InChI is InChI=1S/C12H20N4O/c1-15(12(17)11-4-2-5-14-11)7-3-8-16-9-6-13-10-16/h6,9-11,14H,2-5,7-8H2,1H3. The lowest BCUT2D eigenvalue weighted by atomic mass is 10.2. The minimum absolute atomic E-state index is 0.0493. The molecule has 1 saturated heterocycles. The van der Waals surface area contributed by atoms with Crippen molar-refractivity contribution in [3.8, 4) is 0 Å². The van der Waals surface area contributed by atoms with E-state index in [0.717, 1.165) is 38.9 Å². The van der Waals surface area contributed by atoms with Gasteiger partial charge in [0.15, 0.2) is 0 Å². The third-order valence-corrected chi connectivity index (χ3v) is 3.20. The van der Waals surface area contributed by atoms with Crippen molar-refractivity contribution in [1.29, 1.82) is 0 Å². The zero-order chi connectivity index (χ0) is 12.1. The van der Waals surface area contributed by atoms with Gasteiger partial charge in [-0.3, -0.25) is 4.79 Å². The van der Waals surface area contributed by atoms with Crippen molar-refractivity contribution in [2.75, 3.05) is 20.1 Å². The summed E-state index contributed by atoms with van der Waals surface area (Å²) in [6, 6.07) is 0.0493. The number of imidazole rings is 1. The Morgan fingerprint density at radius 3 is 3.18 bits per heavy atom. The second-order valence-electron chi connectivity index (χ2n) is 4.56. The number of carbonyl (C=O) groups is 1. The molecule has 0 saturated carbocycles. The Morgan fingerprint density at radius 1 is 1.65 bits per heavy atom. The third kappa shape index (κ3) is 3.30. The molecule has 1 N–H and O–H groups in total. The highest BCUT2D eigenvalue weighted by Crippen LogP contribution is 2.08. The molecule has 2 rings (SSSR count). The largest absolute Gasteiger partial charge is 0.344 e. The number of aryl methyl sites for hydroxylation is 1. The number of hydrogen-bond donors (Lipinski definition) is 1. The number of amides is 1. The van der Waals surface area contributed by atoms with Gasteiger partial charge in [-0.25, -0.2) is 4.98 Å². The molecule has 0 spiro atoms. The smallest absolute Gasteiger partial charge is 0.239 e. The summed E-state index contributed by atoms with van der Waals surface area (Å²) < 4.78 is 2.03. The van der Waals surface area contributed by atoms with E-state index in [1.165, 1.54) is 0 Å². The van der Waals surface area contributed by atoms with E-state index in [-0.39, 0.29) is 11.9 Å². The Hall–Kier alpha value is -1.36. The van der Waals surface area contributed by atoms with Crippen molar-refractivity contribution in [2.24, 2.45) is 0 Å². The highest BCUT2D eigenvalue weighted by molar-refractivity contribution is 5.81. The third-order valence-electron chi connectivity index (χ3n) is 3.20. The van der Waals surface area contributed by atoms with Crippen LogP contribution in [0.2, 0.25) is 0 Å². The lowest BCUT2D eigenvalue weighted by Crippen LogP contribution is -2.42. The van der Waals surface area contributed by atoms with E-state index in [9.17, 15) is 4.79 Å². The van der Waals surface area contributed by atoms with Gasteiger partial charge in [-0.2, -0.15) is 0 Å². The number of aromatic nitrogens is 2. The van der Waals surface area contributed by atoms with Gasteiger partial charge in [0.1, 0.15) is 0 Å². The predicted octanol–water partition coefficient (Wildman–Crippen LogP) is 0.484. The fourth-order valence-electron chi connectivity index (χ4n) is 2.18. The van der Waals surface area contributed by atoms with E-state index in [2.05, 4.69) is 10.3 Å². The molecule has 1 fully saturated rings. The van der Waals surface area contributed by atoms with Gasteiger partial charge in [-0.05, 0) is 25.8 Å². The predicted molar refractivity (Wildman–Crippen MR) is 65.5 cm³/mol. The van der Waals surface area contributed by atoms with Crippen molar-refractivity contribution in [1.82, 2.24) is 19.8 Å². The Labute approximate surface area is 102 Å². The molecule has 1 aromatic heterocycles. The summed E-state index contributed by atoms with van der Waals surface area (Å²) >= 11 is 0. The number of carbonyl (C=O) groups excluding carboxylic acids is 1. The number of likely N-dealkylation sites (N-methyl/N-ethyl adjacent to an activating group) is 1.